The van der Waals surface area contributed by atoms with Crippen LogP contribution in [0.3, 0.4) is 0 Å². The summed E-state index contributed by atoms with van der Waals surface area (Å²) in [5.41, 5.74) is 2.45. The van der Waals surface area contributed by atoms with Crippen LogP contribution in [0.15, 0.2) is 32.3 Å². The van der Waals surface area contributed by atoms with E-state index in [0.29, 0.717) is 30.8 Å². The number of hydroxylamine groups is 1. The third-order valence-corrected chi connectivity index (χ3v) is 6.21. The van der Waals surface area contributed by atoms with Crippen LogP contribution in [0.4, 0.5) is 20.3 Å². The molecule has 0 saturated carbocycles. The third kappa shape index (κ3) is 5.78. The molecular weight excluding hydrogens is 474 g/mol. The lowest BCUT2D eigenvalue weighted by molar-refractivity contribution is 0.147. The van der Waals surface area contributed by atoms with Gasteiger partial charge in [0.1, 0.15) is 12.0 Å². The highest BCUT2D eigenvalue weighted by molar-refractivity contribution is 9.10. The monoisotopic (exact) mass is 492 g/mol. The van der Waals surface area contributed by atoms with Gasteiger partial charge in [0.2, 0.25) is 5.82 Å². The molecule has 13 heteroatoms. The lowest BCUT2D eigenvalue weighted by Gasteiger charge is -2.32. The van der Waals surface area contributed by atoms with Gasteiger partial charge in [0.15, 0.2) is 11.5 Å². The Labute approximate surface area is 176 Å². The molecule has 1 aromatic heterocycles. The zero-order valence-electron chi connectivity index (χ0n) is 15.1. The van der Waals surface area contributed by atoms with Crippen molar-refractivity contribution in [2.75, 3.05) is 30.7 Å². The number of unbranched alkanes of at least 4 members (excludes halogenated alkanes) is 1. The van der Waals surface area contributed by atoms with Crippen molar-refractivity contribution < 1.29 is 22.8 Å². The average molecular weight is 493 g/mol. The highest BCUT2D eigenvalue weighted by atomic mass is 79.9. The number of amidine groups is 1. The lowest BCUT2D eigenvalue weighted by Crippen LogP contribution is -2.49. The summed E-state index contributed by atoms with van der Waals surface area (Å²) < 4.78 is 44.6. The number of nitrogens with one attached hydrogen (secondary N) is 2. The van der Waals surface area contributed by atoms with E-state index in [9.17, 15) is 18.2 Å². The second kappa shape index (κ2) is 10.2. The molecule has 1 fully saturated rings. The molecule has 1 saturated heterocycles. The van der Waals surface area contributed by atoms with E-state index < -0.39 is 23.0 Å². The van der Waals surface area contributed by atoms with Gasteiger partial charge in [0.05, 0.1) is 21.1 Å². The summed E-state index contributed by atoms with van der Waals surface area (Å²) in [6.07, 6.45) is 0.497. The van der Waals surface area contributed by atoms with Crippen molar-refractivity contribution in [3.63, 3.8) is 0 Å². The van der Waals surface area contributed by atoms with Crippen molar-refractivity contribution in [3.8, 4) is 0 Å². The van der Waals surface area contributed by atoms with E-state index in [1.807, 2.05) is 5.48 Å². The number of rotatable bonds is 9. The quantitative estimate of drug-likeness (QED) is 0.213. The Kier molecular flexibility index (Phi) is 7.64. The zero-order valence-corrected chi connectivity index (χ0v) is 17.5. The molecule has 0 radical (unpaired) electrons. The van der Waals surface area contributed by atoms with Crippen LogP contribution < -0.4 is 10.8 Å². The van der Waals surface area contributed by atoms with Gasteiger partial charge in [-0.3, -0.25) is 10.7 Å². The van der Waals surface area contributed by atoms with Crippen LogP contribution in [0.2, 0.25) is 0 Å². The van der Waals surface area contributed by atoms with Crippen molar-refractivity contribution in [2.24, 2.45) is 4.99 Å². The van der Waals surface area contributed by atoms with E-state index in [1.54, 1.807) is 4.31 Å². The SMILES string of the molecule is O=S(CCCCNc1nonc1C(=Nc1ccc(F)c(Br)c1)NO)N1CC(F)C1. The molecule has 3 N–H and O–H groups in total. The summed E-state index contributed by atoms with van der Waals surface area (Å²) in [4.78, 5) is 4.17. The first-order valence-electron chi connectivity index (χ1n) is 8.76. The van der Waals surface area contributed by atoms with Gasteiger partial charge in [-0.15, -0.1) is 0 Å². The first-order valence-corrected chi connectivity index (χ1v) is 10.8. The molecule has 2 aromatic rings. The number of alkyl halides is 1. The standard InChI is InChI=1S/C16H19BrF2N6O3S/c17-12-7-11(3-4-13(12)19)21-16(22-26)14-15(24-28-23-14)20-5-1-2-6-29(27)25-8-10(18)9-25/h3-4,7,10,26H,1-2,5-6,8-9H2,(H,20,24)(H,21,22). The smallest absolute Gasteiger partial charge is 0.202 e. The molecule has 158 valence electrons. The highest BCUT2D eigenvalue weighted by Gasteiger charge is 2.30. The maximum atomic E-state index is 13.3. The molecule has 1 aromatic carbocycles. The lowest BCUT2D eigenvalue weighted by atomic mass is 10.3. The van der Waals surface area contributed by atoms with Crippen molar-refractivity contribution >= 4 is 44.3 Å². The molecule has 0 bridgehead atoms. The number of hydrogen-bond acceptors (Lipinski definition) is 7. The maximum absolute atomic E-state index is 13.3. The van der Waals surface area contributed by atoms with E-state index in [1.165, 1.54) is 18.2 Å². The molecule has 2 heterocycles. The minimum Gasteiger partial charge on any atom is -0.365 e. The number of nitrogens with zero attached hydrogens (tertiary/aromatic N) is 4. The fourth-order valence-electron chi connectivity index (χ4n) is 2.52. The van der Waals surface area contributed by atoms with Gasteiger partial charge in [0.25, 0.3) is 0 Å². The molecule has 3 rings (SSSR count). The van der Waals surface area contributed by atoms with Gasteiger partial charge in [-0.25, -0.2) is 26.9 Å². The van der Waals surface area contributed by atoms with Crippen molar-refractivity contribution in [1.82, 2.24) is 20.1 Å². The van der Waals surface area contributed by atoms with Crippen LogP contribution in [-0.4, -0.2) is 61.4 Å². The Morgan fingerprint density at radius 2 is 2.21 bits per heavy atom. The van der Waals surface area contributed by atoms with Gasteiger partial charge in [-0.1, -0.05) is 0 Å². The Hall–Kier alpha value is -1.96. The minimum absolute atomic E-state index is 0.0353. The van der Waals surface area contributed by atoms with Crippen molar-refractivity contribution in [3.05, 3.63) is 34.2 Å². The van der Waals surface area contributed by atoms with E-state index in [4.69, 9.17) is 4.63 Å². The molecule has 1 unspecified atom stereocenters. The molecule has 1 aliphatic heterocycles. The number of anilines is 1. The van der Waals surface area contributed by atoms with Crippen molar-refractivity contribution in [2.45, 2.75) is 19.0 Å². The summed E-state index contributed by atoms with van der Waals surface area (Å²) in [6.45, 7) is 0.963. The molecule has 0 spiro atoms. The average Bonchev–Trinajstić information content (AvgIpc) is 3.14. The molecule has 1 atom stereocenters. The Morgan fingerprint density at radius 1 is 1.41 bits per heavy atom. The Bertz CT molecular complexity index is 893. The van der Waals surface area contributed by atoms with Crippen LogP contribution in [0, 0.1) is 5.82 Å². The Balaban J connectivity index is 1.53. The highest BCUT2D eigenvalue weighted by Crippen LogP contribution is 2.23. The van der Waals surface area contributed by atoms with Crippen LogP contribution in [0.25, 0.3) is 0 Å². The van der Waals surface area contributed by atoms with Crippen LogP contribution in [0.1, 0.15) is 18.5 Å². The number of benzene rings is 1. The third-order valence-electron chi connectivity index (χ3n) is 4.09. The number of halogens is 3. The molecule has 1 aliphatic rings. The number of hydrogen-bond donors (Lipinski definition) is 3. The summed E-state index contributed by atoms with van der Waals surface area (Å²) in [5.74, 6) is 0.248. The van der Waals surface area contributed by atoms with Gasteiger partial charge in [-0.05, 0) is 57.3 Å². The fourth-order valence-corrected chi connectivity index (χ4v) is 4.25. The van der Waals surface area contributed by atoms with Crippen molar-refractivity contribution in [1.29, 1.82) is 0 Å². The first kappa shape index (κ1) is 21.7. The van der Waals surface area contributed by atoms with E-state index in [2.05, 4.69) is 36.6 Å². The van der Waals surface area contributed by atoms with Gasteiger partial charge in [-0.2, -0.15) is 0 Å². The van der Waals surface area contributed by atoms with Gasteiger partial charge >= 0.3 is 0 Å². The van der Waals surface area contributed by atoms with Crippen LogP contribution in [0.5, 0.6) is 0 Å². The first-order chi connectivity index (χ1) is 14.0. The van der Waals surface area contributed by atoms with Gasteiger partial charge < -0.3 is 5.32 Å². The Morgan fingerprint density at radius 3 is 2.90 bits per heavy atom. The largest absolute Gasteiger partial charge is 0.365 e. The minimum atomic E-state index is -1.15. The van der Waals surface area contributed by atoms with E-state index in [0.717, 1.165) is 0 Å². The van der Waals surface area contributed by atoms with E-state index >= 15 is 0 Å². The summed E-state index contributed by atoms with van der Waals surface area (Å²) >= 11 is 3.07. The number of aromatic nitrogens is 2. The number of aliphatic imine (C=N–C) groups is 1. The normalized spacial score (nSPS) is 16.5. The fraction of sp³-hybridized carbons (Fsp3) is 0.438. The molecule has 29 heavy (non-hydrogen) atoms. The zero-order chi connectivity index (χ0) is 20.8. The predicted molar refractivity (Wildman–Crippen MR) is 107 cm³/mol. The molecular formula is C16H19BrF2N6O3S. The van der Waals surface area contributed by atoms with Gasteiger partial charge in [0, 0.05) is 25.4 Å². The molecule has 0 aliphatic carbocycles. The second-order valence-corrected chi connectivity index (χ2v) is 8.66. The summed E-state index contributed by atoms with van der Waals surface area (Å²) in [5, 5.41) is 19.9. The molecule has 9 nitrogen and oxygen atoms in total. The summed E-state index contributed by atoms with van der Waals surface area (Å²) in [7, 11) is -1.15. The van der Waals surface area contributed by atoms with E-state index in [-0.39, 0.29) is 34.9 Å². The van der Waals surface area contributed by atoms with Crippen LogP contribution in [-0.2, 0) is 11.0 Å². The maximum Gasteiger partial charge on any atom is 0.202 e. The second-order valence-electron chi connectivity index (χ2n) is 6.24. The predicted octanol–water partition coefficient (Wildman–Crippen LogP) is 2.54. The summed E-state index contributed by atoms with van der Waals surface area (Å²) in [6, 6.07) is 4.11. The van der Waals surface area contributed by atoms with Crippen LogP contribution >= 0.6 is 15.9 Å². The topological polar surface area (TPSA) is 116 Å². The molecule has 0 amide bonds.